The number of nitriles is 1. The summed E-state index contributed by atoms with van der Waals surface area (Å²) in [4.78, 5) is 24.1. The van der Waals surface area contributed by atoms with Crippen molar-refractivity contribution in [2.45, 2.75) is 72.1 Å². The Morgan fingerprint density at radius 1 is 1.24 bits per heavy atom. The highest BCUT2D eigenvalue weighted by Crippen LogP contribution is 2.12. The lowest BCUT2D eigenvalue weighted by Crippen LogP contribution is -2.55. The first-order chi connectivity index (χ1) is 9.41. The van der Waals surface area contributed by atoms with Gasteiger partial charge in [-0.25, -0.2) is 4.79 Å². The van der Waals surface area contributed by atoms with Crippen molar-refractivity contribution in [1.29, 1.82) is 5.26 Å². The first-order valence-corrected chi connectivity index (χ1v) is 7.14. The van der Waals surface area contributed by atoms with Gasteiger partial charge in [0.05, 0.1) is 6.07 Å². The van der Waals surface area contributed by atoms with E-state index in [4.69, 9.17) is 10.00 Å². The van der Waals surface area contributed by atoms with Crippen molar-refractivity contribution in [2.24, 2.45) is 5.92 Å². The second-order valence-corrected chi connectivity index (χ2v) is 6.74. The quantitative estimate of drug-likeness (QED) is 0.814. The van der Waals surface area contributed by atoms with Crippen molar-refractivity contribution >= 4 is 12.0 Å². The summed E-state index contributed by atoms with van der Waals surface area (Å²) in [6.07, 6.45) is 0.0682. The number of ether oxygens (including phenoxy) is 1. The molecule has 2 atom stereocenters. The predicted octanol–water partition coefficient (Wildman–Crippen LogP) is 2.34. The minimum absolute atomic E-state index is 0.0768. The number of nitrogens with zero attached hydrogens (tertiary/aromatic N) is 1. The van der Waals surface area contributed by atoms with Gasteiger partial charge in [0.1, 0.15) is 17.2 Å². The summed E-state index contributed by atoms with van der Waals surface area (Å²) in [5.74, 6) is -0.464. The monoisotopic (exact) mass is 297 g/mol. The zero-order valence-electron chi connectivity index (χ0n) is 14.0. The van der Waals surface area contributed by atoms with Crippen LogP contribution in [0.5, 0.6) is 0 Å². The van der Waals surface area contributed by atoms with E-state index in [1.807, 2.05) is 19.9 Å². The summed E-state index contributed by atoms with van der Waals surface area (Å²) in [5, 5.41) is 14.2. The Hall–Kier alpha value is -1.77. The maximum Gasteiger partial charge on any atom is 0.408 e. The largest absolute Gasteiger partial charge is 0.444 e. The lowest BCUT2D eigenvalue weighted by Gasteiger charge is -2.28. The molecule has 0 rings (SSSR count). The highest BCUT2D eigenvalue weighted by Gasteiger charge is 2.31. The molecule has 0 aromatic carbocycles. The predicted molar refractivity (Wildman–Crippen MR) is 80.4 cm³/mol. The molecule has 0 aliphatic heterocycles. The molecule has 120 valence electrons. The summed E-state index contributed by atoms with van der Waals surface area (Å²) in [7, 11) is 0. The number of nitrogens with one attached hydrogen (secondary N) is 2. The van der Waals surface area contributed by atoms with E-state index in [-0.39, 0.29) is 11.8 Å². The van der Waals surface area contributed by atoms with Crippen LogP contribution in [0.25, 0.3) is 0 Å². The normalized spacial score (nSPS) is 14.6. The molecule has 6 nitrogen and oxygen atoms in total. The molecule has 0 aliphatic rings. The third kappa shape index (κ3) is 7.54. The van der Waals surface area contributed by atoms with E-state index in [1.54, 1.807) is 34.6 Å². The molecular weight excluding hydrogens is 270 g/mol. The average Bonchev–Trinajstić information content (AvgIpc) is 2.32. The van der Waals surface area contributed by atoms with E-state index in [0.29, 0.717) is 6.42 Å². The number of hydrogen-bond donors (Lipinski definition) is 2. The van der Waals surface area contributed by atoms with Gasteiger partial charge in [-0.05, 0) is 40.5 Å². The van der Waals surface area contributed by atoms with Gasteiger partial charge in [0.15, 0.2) is 0 Å². The standard InChI is InChI=1S/C15H27N3O3/c1-8-10(2)11(12(19)18-15(6,7)9-16)17-13(20)21-14(3,4)5/h10-11H,8H2,1-7H3,(H,17,20)(H,18,19). The Morgan fingerprint density at radius 3 is 2.14 bits per heavy atom. The van der Waals surface area contributed by atoms with Gasteiger partial charge in [0, 0.05) is 0 Å². The van der Waals surface area contributed by atoms with Gasteiger partial charge in [-0.15, -0.1) is 0 Å². The lowest BCUT2D eigenvalue weighted by molar-refractivity contribution is -0.125. The Bertz CT molecular complexity index is 419. The molecule has 6 heteroatoms. The van der Waals surface area contributed by atoms with Gasteiger partial charge >= 0.3 is 6.09 Å². The van der Waals surface area contributed by atoms with Gasteiger partial charge in [0.25, 0.3) is 0 Å². The van der Waals surface area contributed by atoms with Gasteiger partial charge in [-0.2, -0.15) is 5.26 Å². The third-order valence-electron chi connectivity index (χ3n) is 2.88. The van der Waals surface area contributed by atoms with Crippen LogP contribution in [0.15, 0.2) is 0 Å². The molecule has 0 heterocycles. The number of alkyl carbamates (subject to hydrolysis) is 1. The van der Waals surface area contributed by atoms with E-state index < -0.39 is 23.3 Å². The third-order valence-corrected chi connectivity index (χ3v) is 2.88. The molecule has 0 fully saturated rings. The molecule has 2 N–H and O–H groups in total. The topological polar surface area (TPSA) is 91.2 Å². The molecule has 0 aromatic rings. The maximum atomic E-state index is 12.3. The summed E-state index contributed by atoms with van der Waals surface area (Å²) < 4.78 is 5.17. The molecule has 0 saturated carbocycles. The fraction of sp³-hybridized carbons (Fsp3) is 0.800. The van der Waals surface area contributed by atoms with Crippen molar-refractivity contribution in [2.75, 3.05) is 0 Å². The summed E-state index contributed by atoms with van der Waals surface area (Å²) in [6, 6.07) is 1.26. The molecule has 0 spiro atoms. The Labute approximate surface area is 127 Å². The second kappa shape index (κ2) is 7.30. The SMILES string of the molecule is CCC(C)C(NC(=O)OC(C)(C)C)C(=O)NC(C)(C)C#N. The van der Waals surface area contributed by atoms with Gasteiger partial charge < -0.3 is 15.4 Å². The van der Waals surface area contributed by atoms with E-state index in [9.17, 15) is 9.59 Å². The minimum atomic E-state index is -0.988. The number of hydrogen-bond acceptors (Lipinski definition) is 4. The average molecular weight is 297 g/mol. The zero-order valence-corrected chi connectivity index (χ0v) is 14.0. The van der Waals surface area contributed by atoms with Crippen molar-refractivity contribution < 1.29 is 14.3 Å². The smallest absolute Gasteiger partial charge is 0.408 e. The number of rotatable bonds is 5. The van der Waals surface area contributed by atoms with Crippen LogP contribution in [-0.4, -0.2) is 29.2 Å². The van der Waals surface area contributed by atoms with Crippen LogP contribution >= 0.6 is 0 Å². The first kappa shape index (κ1) is 19.2. The van der Waals surface area contributed by atoms with E-state index >= 15 is 0 Å². The van der Waals surface area contributed by atoms with Crippen LogP contribution in [0, 0.1) is 17.2 Å². The first-order valence-electron chi connectivity index (χ1n) is 7.14. The molecule has 0 bridgehead atoms. The number of carbonyl (C=O) groups is 2. The summed E-state index contributed by atoms with van der Waals surface area (Å²) in [5.41, 5.74) is -1.62. The summed E-state index contributed by atoms with van der Waals surface area (Å²) >= 11 is 0. The molecule has 0 saturated heterocycles. The Balaban J connectivity index is 4.94. The van der Waals surface area contributed by atoms with Crippen LogP contribution in [0.2, 0.25) is 0 Å². The molecule has 2 amide bonds. The van der Waals surface area contributed by atoms with Gasteiger partial charge in [-0.1, -0.05) is 20.3 Å². The van der Waals surface area contributed by atoms with Crippen LogP contribution in [0.4, 0.5) is 4.79 Å². The van der Waals surface area contributed by atoms with E-state index in [1.165, 1.54) is 0 Å². The van der Waals surface area contributed by atoms with Crippen molar-refractivity contribution in [3.8, 4) is 6.07 Å². The van der Waals surface area contributed by atoms with Crippen LogP contribution in [0.1, 0.15) is 54.9 Å². The second-order valence-electron chi connectivity index (χ2n) is 6.74. The molecule has 0 radical (unpaired) electrons. The van der Waals surface area contributed by atoms with Crippen molar-refractivity contribution in [3.05, 3.63) is 0 Å². The van der Waals surface area contributed by atoms with Gasteiger partial charge in [0.2, 0.25) is 5.91 Å². The van der Waals surface area contributed by atoms with Crippen LogP contribution in [0.3, 0.4) is 0 Å². The molecular formula is C15H27N3O3. The fourth-order valence-electron chi connectivity index (χ4n) is 1.55. The van der Waals surface area contributed by atoms with E-state index in [0.717, 1.165) is 0 Å². The Morgan fingerprint density at radius 2 is 1.76 bits per heavy atom. The highest BCUT2D eigenvalue weighted by molar-refractivity contribution is 5.86. The van der Waals surface area contributed by atoms with Gasteiger partial charge in [-0.3, -0.25) is 4.79 Å². The fourth-order valence-corrected chi connectivity index (χ4v) is 1.55. The Kier molecular flexibility index (Phi) is 6.68. The zero-order chi connectivity index (χ0) is 16.8. The van der Waals surface area contributed by atoms with Crippen molar-refractivity contribution in [3.63, 3.8) is 0 Å². The number of carbonyl (C=O) groups excluding carboxylic acids is 2. The summed E-state index contributed by atoms with van der Waals surface area (Å²) in [6.45, 7) is 12.3. The van der Waals surface area contributed by atoms with Crippen molar-refractivity contribution in [1.82, 2.24) is 10.6 Å². The van der Waals surface area contributed by atoms with Crippen LogP contribution < -0.4 is 10.6 Å². The minimum Gasteiger partial charge on any atom is -0.444 e. The maximum absolute atomic E-state index is 12.3. The highest BCUT2D eigenvalue weighted by atomic mass is 16.6. The number of amides is 2. The van der Waals surface area contributed by atoms with Crippen LogP contribution in [-0.2, 0) is 9.53 Å². The molecule has 21 heavy (non-hydrogen) atoms. The van der Waals surface area contributed by atoms with E-state index in [2.05, 4.69) is 10.6 Å². The molecule has 0 aromatic heterocycles. The lowest BCUT2D eigenvalue weighted by atomic mass is 9.97. The molecule has 0 aliphatic carbocycles. The molecule has 2 unspecified atom stereocenters.